The van der Waals surface area contributed by atoms with Gasteiger partial charge in [-0.1, -0.05) is 133 Å². The molecule has 0 amide bonds. The van der Waals surface area contributed by atoms with E-state index in [1.165, 1.54) is 0 Å². The van der Waals surface area contributed by atoms with E-state index in [1.54, 1.807) is 0 Å². The molecule has 0 fully saturated rings. The highest BCUT2D eigenvalue weighted by molar-refractivity contribution is 6.25. The summed E-state index contributed by atoms with van der Waals surface area (Å²) in [6.45, 7) is 0. The van der Waals surface area contributed by atoms with Crippen molar-refractivity contribution in [3.63, 3.8) is 0 Å². The van der Waals surface area contributed by atoms with Gasteiger partial charge in [-0.2, -0.15) is 0 Å². The molecule has 0 N–H and O–H groups in total. The fraction of sp³-hybridized carbons (Fsp3) is 0. The van der Waals surface area contributed by atoms with Gasteiger partial charge in [0.05, 0.1) is 22.1 Å². The van der Waals surface area contributed by atoms with Crippen LogP contribution in [0.2, 0.25) is 0 Å². The van der Waals surface area contributed by atoms with Crippen LogP contribution in [0.1, 0.15) is 0 Å². The monoisotopic (exact) mass is 704 g/mol. The van der Waals surface area contributed by atoms with Crippen molar-refractivity contribution < 1.29 is 8.83 Å². The normalized spacial score (nSPS) is 12.0. The van der Waals surface area contributed by atoms with Crippen LogP contribution in [0.3, 0.4) is 0 Å². The molecule has 0 aliphatic carbocycles. The minimum atomic E-state index is 0.605. The van der Waals surface area contributed by atoms with Crippen LogP contribution in [0.15, 0.2) is 179 Å². The second kappa shape index (κ2) is 11.5. The van der Waals surface area contributed by atoms with Crippen molar-refractivity contribution >= 4 is 76.5 Å². The number of furan rings is 2. The van der Waals surface area contributed by atoms with E-state index < -0.39 is 0 Å². The Labute approximate surface area is 313 Å². The Hall–Kier alpha value is -7.57. The maximum absolute atomic E-state index is 7.03. The zero-order valence-corrected chi connectivity index (χ0v) is 29.3. The summed E-state index contributed by atoms with van der Waals surface area (Å²) in [6.07, 6.45) is 0. The van der Waals surface area contributed by atoms with E-state index in [0.717, 1.165) is 98.8 Å². The average Bonchev–Trinajstić information content (AvgIpc) is 3.94. The molecular weight excluding hydrogens is 677 g/mol. The van der Waals surface area contributed by atoms with Gasteiger partial charge in [0.15, 0.2) is 23.1 Å². The molecule has 12 rings (SSSR count). The molecule has 55 heavy (non-hydrogen) atoms. The highest BCUT2D eigenvalue weighted by Gasteiger charge is 2.23. The number of hydrogen-bond donors (Lipinski definition) is 0. The van der Waals surface area contributed by atoms with Gasteiger partial charge in [0, 0.05) is 49.0 Å². The van der Waals surface area contributed by atoms with Crippen molar-refractivity contribution in [1.29, 1.82) is 0 Å². The van der Waals surface area contributed by atoms with Gasteiger partial charge in [-0.15, -0.1) is 0 Å². The lowest BCUT2D eigenvalue weighted by Crippen LogP contribution is -2.00. The van der Waals surface area contributed by atoms with Crippen LogP contribution >= 0.6 is 0 Å². The summed E-state index contributed by atoms with van der Waals surface area (Å²) in [6, 6.07) is 58.3. The Balaban J connectivity index is 1.14. The number of rotatable bonds is 4. The first-order chi connectivity index (χ1) is 27.3. The molecule has 0 saturated carbocycles. The minimum absolute atomic E-state index is 0.605. The molecule has 12 aromatic rings. The van der Waals surface area contributed by atoms with E-state index in [-0.39, 0.29) is 0 Å². The molecule has 0 unspecified atom stereocenters. The van der Waals surface area contributed by atoms with Crippen LogP contribution in [-0.4, -0.2) is 19.5 Å². The third kappa shape index (κ3) is 4.39. The van der Waals surface area contributed by atoms with Crippen LogP contribution in [0.5, 0.6) is 0 Å². The van der Waals surface area contributed by atoms with E-state index in [4.69, 9.17) is 23.8 Å². The summed E-state index contributed by atoms with van der Waals surface area (Å²) in [5.41, 5.74) is 9.26. The Bertz CT molecular complexity index is 3430. The van der Waals surface area contributed by atoms with E-state index in [1.807, 2.05) is 72.8 Å². The van der Waals surface area contributed by atoms with Gasteiger partial charge in [-0.05, 0) is 41.8 Å². The van der Waals surface area contributed by atoms with Gasteiger partial charge in [-0.25, -0.2) is 15.0 Å². The molecule has 4 aromatic heterocycles. The predicted molar refractivity (Wildman–Crippen MR) is 223 cm³/mol. The Kier molecular flexibility index (Phi) is 6.24. The number of benzene rings is 8. The fourth-order valence-corrected chi connectivity index (χ4v) is 8.39. The van der Waals surface area contributed by atoms with Crippen LogP contribution in [0.4, 0.5) is 0 Å². The maximum Gasteiger partial charge on any atom is 0.164 e. The van der Waals surface area contributed by atoms with Crippen LogP contribution in [0, 0.1) is 0 Å². The molecule has 0 aliphatic rings. The standard InChI is InChI=1S/C49H28N4O2/c1-3-14-29(15-4-1)47-50-48(30-16-5-2-6-17-30)52-49(51-47)38-28-37-34-22-13-24-41(45(34)55-44(37)33-20-8-7-18-31(33)38)53-39-23-11-9-21-36(39)43-40(53)27-26-35-32-19-10-12-25-42(32)54-46(35)43/h1-28H. The number of para-hydroxylation sites is 3. The van der Waals surface area contributed by atoms with E-state index in [9.17, 15) is 0 Å². The molecule has 0 spiro atoms. The Morgan fingerprint density at radius 1 is 0.364 bits per heavy atom. The highest BCUT2D eigenvalue weighted by Crippen LogP contribution is 2.44. The summed E-state index contributed by atoms with van der Waals surface area (Å²) in [4.78, 5) is 15.2. The lowest BCUT2D eigenvalue weighted by Gasteiger charge is -2.11. The van der Waals surface area contributed by atoms with Crippen LogP contribution in [0.25, 0.3) is 116 Å². The topological polar surface area (TPSA) is 69.9 Å². The third-order valence-corrected chi connectivity index (χ3v) is 10.8. The van der Waals surface area contributed by atoms with Gasteiger partial charge < -0.3 is 13.4 Å². The van der Waals surface area contributed by atoms with Crippen molar-refractivity contribution in [2.24, 2.45) is 0 Å². The SMILES string of the molecule is c1ccc(-c2nc(-c3ccccc3)nc(-c3cc4c5cccc(-n6c7ccccc7c7c8oc9ccccc9c8ccc76)c5oc4c4ccccc34)n2)cc1. The summed E-state index contributed by atoms with van der Waals surface area (Å²) >= 11 is 0. The Morgan fingerprint density at radius 2 is 0.945 bits per heavy atom. The molecule has 0 aliphatic heterocycles. The summed E-state index contributed by atoms with van der Waals surface area (Å²) in [7, 11) is 0. The molecule has 0 atom stereocenters. The number of nitrogens with zero attached hydrogens (tertiary/aromatic N) is 4. The maximum atomic E-state index is 7.03. The summed E-state index contributed by atoms with van der Waals surface area (Å²) in [5, 5.41) is 8.43. The van der Waals surface area contributed by atoms with Gasteiger partial charge in [0.1, 0.15) is 16.7 Å². The molecule has 256 valence electrons. The predicted octanol–water partition coefficient (Wildman–Crippen LogP) is 12.9. The summed E-state index contributed by atoms with van der Waals surface area (Å²) in [5.74, 6) is 1.85. The van der Waals surface area contributed by atoms with Crippen molar-refractivity contribution in [3.05, 3.63) is 170 Å². The van der Waals surface area contributed by atoms with Crippen molar-refractivity contribution in [2.45, 2.75) is 0 Å². The first-order valence-electron chi connectivity index (χ1n) is 18.4. The molecule has 6 heteroatoms. The minimum Gasteiger partial charge on any atom is -0.455 e. The van der Waals surface area contributed by atoms with Gasteiger partial charge >= 0.3 is 0 Å². The number of hydrogen-bond acceptors (Lipinski definition) is 5. The first kappa shape index (κ1) is 29.9. The van der Waals surface area contributed by atoms with E-state index >= 15 is 0 Å². The Morgan fingerprint density at radius 3 is 1.71 bits per heavy atom. The summed E-state index contributed by atoms with van der Waals surface area (Å²) < 4.78 is 15.9. The zero-order chi connectivity index (χ0) is 36.0. The molecular formula is C49H28N4O2. The third-order valence-electron chi connectivity index (χ3n) is 10.8. The van der Waals surface area contributed by atoms with E-state index in [2.05, 4.69) is 102 Å². The quantitative estimate of drug-likeness (QED) is 0.182. The average molecular weight is 705 g/mol. The number of aromatic nitrogens is 4. The van der Waals surface area contributed by atoms with Crippen LogP contribution in [-0.2, 0) is 0 Å². The van der Waals surface area contributed by atoms with Crippen LogP contribution < -0.4 is 0 Å². The van der Waals surface area contributed by atoms with Gasteiger partial charge in [0.2, 0.25) is 0 Å². The molecule has 0 bridgehead atoms. The second-order valence-electron chi connectivity index (χ2n) is 13.9. The lowest BCUT2D eigenvalue weighted by molar-refractivity contribution is 0.669. The highest BCUT2D eigenvalue weighted by atomic mass is 16.3. The largest absolute Gasteiger partial charge is 0.455 e. The van der Waals surface area contributed by atoms with Gasteiger partial charge in [-0.3, -0.25) is 0 Å². The van der Waals surface area contributed by atoms with Gasteiger partial charge in [0.25, 0.3) is 0 Å². The smallest absolute Gasteiger partial charge is 0.164 e. The molecule has 4 heterocycles. The van der Waals surface area contributed by atoms with E-state index in [0.29, 0.717) is 17.5 Å². The fourth-order valence-electron chi connectivity index (χ4n) is 8.39. The lowest BCUT2D eigenvalue weighted by atomic mass is 9.99. The first-order valence-corrected chi connectivity index (χ1v) is 18.4. The second-order valence-corrected chi connectivity index (χ2v) is 13.9. The molecule has 0 saturated heterocycles. The number of fused-ring (bicyclic) bond motifs is 12. The van der Waals surface area contributed by atoms with Crippen molar-refractivity contribution in [2.75, 3.05) is 0 Å². The van der Waals surface area contributed by atoms with Crippen molar-refractivity contribution in [1.82, 2.24) is 19.5 Å². The molecule has 6 nitrogen and oxygen atoms in total. The molecule has 8 aromatic carbocycles. The van der Waals surface area contributed by atoms with Crippen molar-refractivity contribution in [3.8, 4) is 39.9 Å². The zero-order valence-electron chi connectivity index (χ0n) is 29.3. The molecule has 0 radical (unpaired) electrons.